The van der Waals surface area contributed by atoms with Gasteiger partial charge in [-0.2, -0.15) is 5.10 Å². The lowest BCUT2D eigenvalue weighted by atomic mass is 9.95. The molecule has 3 N–H and O–H groups in total. The van der Waals surface area contributed by atoms with Crippen LogP contribution in [0.5, 0.6) is 11.5 Å². The van der Waals surface area contributed by atoms with Crippen LogP contribution < -0.4 is 32.1 Å². The lowest BCUT2D eigenvalue weighted by Gasteiger charge is -2.37. The van der Waals surface area contributed by atoms with Crippen LogP contribution >= 0.6 is 0 Å². The van der Waals surface area contributed by atoms with Gasteiger partial charge >= 0.3 is 0 Å². The van der Waals surface area contributed by atoms with Crippen LogP contribution in [-0.2, 0) is 16.1 Å². The number of hydrogen-bond donors (Lipinski definition) is 2. The molecule has 1 saturated carbocycles. The Labute approximate surface area is 271 Å². The third-order valence-electron chi connectivity index (χ3n) is 9.06. The molecule has 2 amide bonds. The first-order valence-corrected chi connectivity index (χ1v) is 15.9. The monoisotopic (exact) mass is 636 g/mol. The molecule has 2 aliphatic heterocycles. The van der Waals surface area contributed by atoms with Crippen molar-refractivity contribution in [3.63, 3.8) is 0 Å². The Morgan fingerprint density at radius 2 is 1.87 bits per heavy atom. The summed E-state index contributed by atoms with van der Waals surface area (Å²) in [6, 6.07) is 14.4. The minimum absolute atomic E-state index is 0. The van der Waals surface area contributed by atoms with Crippen LogP contribution in [-0.4, -0.2) is 89.8 Å². The van der Waals surface area contributed by atoms with E-state index in [9.17, 15) is 9.59 Å². The molecule has 3 heterocycles. The van der Waals surface area contributed by atoms with Crippen molar-refractivity contribution in [3.05, 3.63) is 60.4 Å². The van der Waals surface area contributed by atoms with Gasteiger partial charge < -0.3 is 41.9 Å². The number of ether oxygens (including phenoxy) is 2. The maximum Gasteiger partial charge on any atom is 0.266 e. The van der Waals surface area contributed by atoms with E-state index < -0.39 is 5.60 Å². The standard InChI is InChI=1S/C34H44N6O4.ClH/c1-34(2,33(42)38-16-13-35-14-17-38)44-30-8-4-7-29(19-30)39-15-5-6-26(22-39)32(41)40(28-11-12-28)23-25-10-9-24(18-31(25)43-3)27-20-36-37-21-27;/h4,7-10,18-21,26,28,35H,5-6,11-17,22-23H2,1-3H3,(H,36,37);1H/t26-;/m1./s1. The van der Waals surface area contributed by atoms with Crippen LogP contribution in [0.25, 0.3) is 11.1 Å². The van der Waals surface area contributed by atoms with Gasteiger partial charge in [-0.1, -0.05) is 18.2 Å². The molecule has 0 spiro atoms. The predicted molar refractivity (Wildman–Crippen MR) is 168 cm³/mol. The number of benzene rings is 2. The highest BCUT2D eigenvalue weighted by molar-refractivity contribution is 5.85. The van der Waals surface area contributed by atoms with Crippen LogP contribution in [0.4, 0.5) is 5.69 Å². The van der Waals surface area contributed by atoms with E-state index in [4.69, 9.17) is 9.47 Å². The minimum atomic E-state index is -0.959. The number of quaternary nitrogens is 1. The number of amides is 2. The van der Waals surface area contributed by atoms with Crippen molar-refractivity contribution in [2.45, 2.75) is 57.7 Å². The zero-order chi connectivity index (χ0) is 30.7. The zero-order valence-corrected chi connectivity index (χ0v) is 27.3. The van der Waals surface area contributed by atoms with Crippen molar-refractivity contribution in [2.24, 2.45) is 5.92 Å². The van der Waals surface area contributed by atoms with Crippen LogP contribution in [0.2, 0.25) is 0 Å². The molecule has 0 bridgehead atoms. The summed E-state index contributed by atoms with van der Waals surface area (Å²) in [5.41, 5.74) is 3.09. The van der Waals surface area contributed by atoms with Crippen molar-refractivity contribution in [1.82, 2.24) is 20.0 Å². The lowest BCUT2D eigenvalue weighted by Crippen LogP contribution is -3.00. The van der Waals surface area contributed by atoms with Crippen molar-refractivity contribution < 1.29 is 36.8 Å². The Balaban J connectivity index is 0.00000400. The van der Waals surface area contributed by atoms with Crippen molar-refractivity contribution in [2.75, 3.05) is 51.3 Å². The van der Waals surface area contributed by atoms with Crippen LogP contribution in [0.3, 0.4) is 0 Å². The minimum Gasteiger partial charge on any atom is -1.00 e. The largest absolute Gasteiger partial charge is 1.00 e. The molecule has 1 aromatic heterocycles. The number of methoxy groups -OCH3 is 1. The molecule has 3 fully saturated rings. The fourth-order valence-corrected chi connectivity index (χ4v) is 6.48. The molecule has 242 valence electrons. The first-order valence-electron chi connectivity index (χ1n) is 15.9. The average molecular weight is 637 g/mol. The number of anilines is 1. The van der Waals surface area contributed by atoms with Gasteiger partial charge in [-0.15, -0.1) is 0 Å². The van der Waals surface area contributed by atoms with Crippen LogP contribution in [0.1, 0.15) is 45.1 Å². The number of aromatic nitrogens is 2. The zero-order valence-electron chi connectivity index (χ0n) is 26.5. The van der Waals surface area contributed by atoms with E-state index in [-0.39, 0.29) is 36.2 Å². The summed E-state index contributed by atoms with van der Waals surface area (Å²) < 4.78 is 12.1. The second-order valence-corrected chi connectivity index (χ2v) is 12.8. The van der Waals surface area contributed by atoms with Gasteiger partial charge in [-0.05, 0) is 63.3 Å². The van der Waals surface area contributed by atoms with Gasteiger partial charge in [0.2, 0.25) is 5.91 Å². The maximum atomic E-state index is 14.1. The molecule has 3 aliphatic rings. The van der Waals surface area contributed by atoms with E-state index >= 15 is 0 Å². The maximum absolute atomic E-state index is 14.1. The number of piperazine rings is 1. The Bertz CT molecular complexity index is 1450. The van der Waals surface area contributed by atoms with E-state index in [1.807, 2.05) is 49.2 Å². The number of nitrogens with one attached hydrogen (secondary N) is 1. The highest BCUT2D eigenvalue weighted by Crippen LogP contribution is 2.35. The number of hydrogen-bond acceptors (Lipinski definition) is 6. The summed E-state index contributed by atoms with van der Waals surface area (Å²) in [5, 5.41) is 9.15. The molecule has 2 saturated heterocycles. The number of carbonyl (C=O) groups is 2. The first-order chi connectivity index (χ1) is 21.3. The molecule has 45 heavy (non-hydrogen) atoms. The van der Waals surface area contributed by atoms with E-state index in [0.717, 1.165) is 86.5 Å². The van der Waals surface area contributed by atoms with Crippen LogP contribution in [0.15, 0.2) is 54.9 Å². The predicted octanol–water partition coefficient (Wildman–Crippen LogP) is 0.0599. The normalized spacial score (nSPS) is 18.6. The molecule has 1 aliphatic carbocycles. The van der Waals surface area contributed by atoms with Gasteiger partial charge in [0.15, 0.2) is 5.60 Å². The van der Waals surface area contributed by atoms with Gasteiger partial charge in [-0.25, -0.2) is 0 Å². The number of H-pyrrole nitrogens is 1. The molecule has 0 unspecified atom stereocenters. The Hall–Kier alpha value is -3.76. The fraction of sp³-hybridized carbons (Fsp3) is 0.500. The molecule has 10 nitrogen and oxygen atoms in total. The topological polar surface area (TPSA) is 108 Å². The van der Waals surface area contributed by atoms with E-state index in [0.29, 0.717) is 18.8 Å². The van der Waals surface area contributed by atoms with E-state index in [2.05, 4.69) is 43.5 Å². The summed E-state index contributed by atoms with van der Waals surface area (Å²) in [6.45, 7) is 9.13. The fourth-order valence-electron chi connectivity index (χ4n) is 6.48. The number of halogens is 1. The van der Waals surface area contributed by atoms with Gasteiger partial charge in [0.1, 0.15) is 11.5 Å². The summed E-state index contributed by atoms with van der Waals surface area (Å²) in [7, 11) is 1.68. The van der Waals surface area contributed by atoms with Crippen LogP contribution in [0, 0.1) is 5.92 Å². The Morgan fingerprint density at radius 3 is 2.58 bits per heavy atom. The number of carbonyl (C=O) groups excluding carboxylic acids is 2. The number of piperidine rings is 1. The van der Waals surface area contributed by atoms with Gasteiger partial charge in [0, 0.05) is 54.8 Å². The molecular formula is C34H45ClN6O4. The van der Waals surface area contributed by atoms with Crippen molar-refractivity contribution in [3.8, 4) is 22.6 Å². The molecular weight excluding hydrogens is 592 g/mol. The quantitative estimate of drug-likeness (QED) is 0.326. The third kappa shape index (κ3) is 7.56. The smallest absolute Gasteiger partial charge is 0.266 e. The molecule has 0 radical (unpaired) electrons. The molecule has 1 atom stereocenters. The second-order valence-electron chi connectivity index (χ2n) is 12.8. The SMILES string of the molecule is COc1cc(-c2cn[nH]c2)ccc1CN(C(=O)[C@@H]1CCCN(c2cccc(OC(C)(C)C(=O)N3CC[NH2+]CC3)c2)C1)C1CC1.[Cl-]. The van der Waals surface area contributed by atoms with Gasteiger partial charge in [0.25, 0.3) is 5.91 Å². The van der Waals surface area contributed by atoms with E-state index in [1.165, 1.54) is 0 Å². The van der Waals surface area contributed by atoms with Crippen molar-refractivity contribution in [1.29, 1.82) is 0 Å². The Morgan fingerprint density at radius 1 is 1.07 bits per heavy atom. The summed E-state index contributed by atoms with van der Waals surface area (Å²) in [4.78, 5) is 33.6. The highest BCUT2D eigenvalue weighted by atomic mass is 35.5. The lowest BCUT2D eigenvalue weighted by molar-refractivity contribution is -0.662. The summed E-state index contributed by atoms with van der Waals surface area (Å²) in [5.74, 6) is 1.61. The number of nitrogens with two attached hydrogens (primary N) is 1. The molecule has 6 rings (SSSR count). The summed E-state index contributed by atoms with van der Waals surface area (Å²) in [6.07, 6.45) is 7.56. The Kier molecular flexibility index (Phi) is 10.2. The van der Waals surface area contributed by atoms with E-state index in [1.54, 1.807) is 13.3 Å². The van der Waals surface area contributed by atoms with Gasteiger partial charge in [-0.3, -0.25) is 14.7 Å². The second kappa shape index (κ2) is 14.1. The molecule has 3 aromatic rings. The molecule has 2 aromatic carbocycles. The average Bonchev–Trinajstić information content (AvgIpc) is 3.75. The van der Waals surface area contributed by atoms with Gasteiger partial charge in [0.05, 0.1) is 45.4 Å². The first kappa shape index (κ1) is 32.6. The number of nitrogens with zero attached hydrogens (tertiary/aromatic N) is 4. The third-order valence-corrected chi connectivity index (χ3v) is 9.06. The molecule has 11 heteroatoms. The highest BCUT2D eigenvalue weighted by Gasteiger charge is 2.38. The van der Waals surface area contributed by atoms with Crippen molar-refractivity contribution >= 4 is 17.5 Å². The number of rotatable bonds is 10. The summed E-state index contributed by atoms with van der Waals surface area (Å²) >= 11 is 0. The number of aromatic amines is 1.